The van der Waals surface area contributed by atoms with Gasteiger partial charge in [-0.3, -0.25) is 0 Å². The van der Waals surface area contributed by atoms with E-state index in [2.05, 4.69) is 203 Å². The van der Waals surface area contributed by atoms with E-state index in [0.717, 1.165) is 11.4 Å². The fourth-order valence-electron chi connectivity index (χ4n) is 8.71. The van der Waals surface area contributed by atoms with Gasteiger partial charge in [-0.05, 0) is 86.3 Å². The van der Waals surface area contributed by atoms with E-state index in [0.29, 0.717) is 0 Å². The van der Waals surface area contributed by atoms with Gasteiger partial charge in [-0.1, -0.05) is 152 Å². The minimum absolute atomic E-state index is 1.14. The molecule has 0 aliphatic rings. The Morgan fingerprint density at radius 1 is 0.231 bits per heavy atom. The van der Waals surface area contributed by atoms with E-state index in [-0.39, 0.29) is 0 Å². The summed E-state index contributed by atoms with van der Waals surface area (Å²) in [6.07, 6.45) is 0. The molecule has 0 amide bonds. The second kappa shape index (κ2) is 11.3. The number of hydrogen-bond donors (Lipinski definition) is 0. The number of para-hydroxylation sites is 3. The Morgan fingerprint density at radius 3 is 1.06 bits per heavy atom. The molecule has 0 fully saturated rings. The van der Waals surface area contributed by atoms with Crippen molar-refractivity contribution in [1.82, 2.24) is 9.13 Å². The molecule has 2 heteroatoms. The Bertz CT molecular complexity index is 3050. The highest BCUT2D eigenvalue weighted by molar-refractivity contribution is 6.21. The first kappa shape index (κ1) is 28.9. The first-order chi connectivity index (χ1) is 25.8. The molecule has 0 spiro atoms. The zero-order chi connectivity index (χ0) is 34.2. The van der Waals surface area contributed by atoms with Crippen molar-refractivity contribution in [3.05, 3.63) is 194 Å². The van der Waals surface area contributed by atoms with Gasteiger partial charge < -0.3 is 9.13 Å². The van der Waals surface area contributed by atoms with Gasteiger partial charge in [0.2, 0.25) is 0 Å². The predicted octanol–water partition coefficient (Wildman–Crippen LogP) is 13.5. The Balaban J connectivity index is 1.13. The lowest BCUT2D eigenvalue weighted by Crippen LogP contribution is -1.97. The monoisotopic (exact) mass is 660 g/mol. The molecule has 11 aromatic rings. The smallest absolute Gasteiger partial charge is 0.0561 e. The summed E-state index contributed by atoms with van der Waals surface area (Å²) in [4.78, 5) is 0. The van der Waals surface area contributed by atoms with Crippen LogP contribution in [-0.2, 0) is 0 Å². The molecule has 0 unspecified atom stereocenters. The van der Waals surface area contributed by atoms with Crippen LogP contribution in [0.3, 0.4) is 0 Å². The molecule has 0 saturated heterocycles. The molecule has 2 heterocycles. The van der Waals surface area contributed by atoms with Crippen molar-refractivity contribution in [2.45, 2.75) is 0 Å². The number of fused-ring (bicyclic) bond motifs is 8. The van der Waals surface area contributed by atoms with E-state index in [4.69, 9.17) is 0 Å². The van der Waals surface area contributed by atoms with E-state index in [1.54, 1.807) is 0 Å². The number of benzene rings is 9. The molecule has 0 radical (unpaired) electrons. The highest BCUT2D eigenvalue weighted by Crippen LogP contribution is 2.44. The van der Waals surface area contributed by atoms with Gasteiger partial charge in [0.1, 0.15) is 0 Å². The summed E-state index contributed by atoms with van der Waals surface area (Å²) in [5.74, 6) is 0. The van der Waals surface area contributed by atoms with Crippen molar-refractivity contribution in [3.8, 4) is 33.6 Å². The third-order valence-corrected chi connectivity index (χ3v) is 10.9. The number of hydrogen-bond acceptors (Lipinski definition) is 0. The summed E-state index contributed by atoms with van der Waals surface area (Å²) < 4.78 is 4.84. The Kier molecular flexibility index (Phi) is 6.28. The van der Waals surface area contributed by atoms with Crippen molar-refractivity contribution in [1.29, 1.82) is 0 Å². The Morgan fingerprint density at radius 2 is 0.577 bits per heavy atom. The third kappa shape index (κ3) is 4.19. The van der Waals surface area contributed by atoms with Crippen LogP contribution in [0.25, 0.3) is 98.8 Å². The lowest BCUT2D eigenvalue weighted by molar-refractivity contribution is 1.15. The van der Waals surface area contributed by atoms with E-state index < -0.39 is 0 Å². The molecule has 0 saturated carbocycles. The van der Waals surface area contributed by atoms with Crippen LogP contribution in [-0.4, -0.2) is 9.13 Å². The Labute approximate surface area is 301 Å². The van der Waals surface area contributed by atoms with Gasteiger partial charge in [0, 0.05) is 32.9 Å². The zero-order valence-electron chi connectivity index (χ0n) is 28.4. The molecule has 0 aliphatic heterocycles. The normalized spacial score (nSPS) is 11.8. The van der Waals surface area contributed by atoms with Crippen LogP contribution in [0.1, 0.15) is 0 Å². The SMILES string of the molecule is c1ccc(-c2c3ccccc3c(-c3ccc(-n4c5ccccc5c5ccc(-n6c7ccccc7c7ccccc76)cc54)cc3)c3ccccc23)cc1. The first-order valence-electron chi connectivity index (χ1n) is 17.9. The lowest BCUT2D eigenvalue weighted by Gasteiger charge is -2.18. The van der Waals surface area contributed by atoms with Crippen LogP contribution in [0, 0.1) is 0 Å². The summed E-state index contributed by atoms with van der Waals surface area (Å²) in [7, 11) is 0. The van der Waals surface area contributed by atoms with Crippen LogP contribution in [0.2, 0.25) is 0 Å². The fraction of sp³-hybridized carbons (Fsp3) is 0. The molecule has 0 aliphatic carbocycles. The first-order valence-corrected chi connectivity index (χ1v) is 17.9. The van der Waals surface area contributed by atoms with Crippen LogP contribution in [0.15, 0.2) is 194 Å². The van der Waals surface area contributed by atoms with E-state index in [9.17, 15) is 0 Å². The van der Waals surface area contributed by atoms with Gasteiger partial charge >= 0.3 is 0 Å². The average Bonchev–Trinajstić information content (AvgIpc) is 3.73. The van der Waals surface area contributed by atoms with E-state index >= 15 is 0 Å². The molecule has 52 heavy (non-hydrogen) atoms. The third-order valence-electron chi connectivity index (χ3n) is 10.9. The minimum atomic E-state index is 1.14. The molecule has 11 rings (SSSR count). The van der Waals surface area contributed by atoms with Crippen molar-refractivity contribution in [2.75, 3.05) is 0 Å². The van der Waals surface area contributed by atoms with Crippen molar-refractivity contribution >= 4 is 65.2 Å². The molecule has 9 aromatic carbocycles. The highest BCUT2D eigenvalue weighted by Gasteiger charge is 2.19. The van der Waals surface area contributed by atoms with Crippen molar-refractivity contribution < 1.29 is 0 Å². The van der Waals surface area contributed by atoms with Gasteiger partial charge in [0.15, 0.2) is 0 Å². The average molecular weight is 661 g/mol. The van der Waals surface area contributed by atoms with Crippen LogP contribution in [0.4, 0.5) is 0 Å². The number of rotatable bonds is 4. The van der Waals surface area contributed by atoms with Gasteiger partial charge in [-0.15, -0.1) is 0 Å². The quantitative estimate of drug-likeness (QED) is 0.166. The minimum Gasteiger partial charge on any atom is -0.309 e. The zero-order valence-corrected chi connectivity index (χ0v) is 28.4. The van der Waals surface area contributed by atoms with Crippen molar-refractivity contribution in [3.63, 3.8) is 0 Å². The summed E-state index contributed by atoms with van der Waals surface area (Å²) in [5, 5.41) is 10.1. The fourth-order valence-corrected chi connectivity index (χ4v) is 8.71. The van der Waals surface area contributed by atoms with Gasteiger partial charge in [-0.2, -0.15) is 0 Å². The summed E-state index contributed by atoms with van der Waals surface area (Å²) in [5.41, 5.74) is 12.1. The number of aromatic nitrogens is 2. The predicted molar refractivity (Wildman–Crippen MR) is 221 cm³/mol. The largest absolute Gasteiger partial charge is 0.309 e. The van der Waals surface area contributed by atoms with Gasteiger partial charge in [0.05, 0.1) is 22.1 Å². The number of nitrogens with zero attached hydrogens (tertiary/aromatic N) is 2. The van der Waals surface area contributed by atoms with Crippen LogP contribution < -0.4 is 0 Å². The summed E-state index contributed by atoms with van der Waals surface area (Å²) in [6, 6.07) is 70.9. The van der Waals surface area contributed by atoms with E-state index in [1.807, 2.05) is 0 Å². The molecule has 2 nitrogen and oxygen atoms in total. The van der Waals surface area contributed by atoms with Crippen LogP contribution in [0.5, 0.6) is 0 Å². The standard InChI is InChI=1S/C50H32N2/c1-2-14-33(15-3-1)49-41-19-4-6-21-43(41)50(44-22-7-5-20-42(44)49)34-26-28-35(29-27-34)51-45-23-11-10-18-39(45)40-31-30-36(32-48(40)51)52-46-24-12-8-16-37(46)38-17-9-13-25-47(38)52/h1-32H. The second-order valence-electron chi connectivity index (χ2n) is 13.7. The molecule has 0 bridgehead atoms. The maximum absolute atomic E-state index is 2.43. The van der Waals surface area contributed by atoms with Gasteiger partial charge in [-0.25, -0.2) is 0 Å². The molecular formula is C50H32N2. The maximum atomic E-state index is 2.43. The second-order valence-corrected chi connectivity index (χ2v) is 13.7. The Hall–Kier alpha value is -6.90. The molecule has 2 aromatic heterocycles. The lowest BCUT2D eigenvalue weighted by atomic mass is 9.86. The molecule has 0 atom stereocenters. The van der Waals surface area contributed by atoms with Crippen LogP contribution >= 0.6 is 0 Å². The molecular weight excluding hydrogens is 629 g/mol. The van der Waals surface area contributed by atoms with Gasteiger partial charge in [0.25, 0.3) is 0 Å². The van der Waals surface area contributed by atoms with E-state index in [1.165, 1.54) is 87.4 Å². The summed E-state index contributed by atoms with van der Waals surface area (Å²) in [6.45, 7) is 0. The topological polar surface area (TPSA) is 9.86 Å². The highest BCUT2D eigenvalue weighted by atomic mass is 15.0. The molecule has 242 valence electrons. The maximum Gasteiger partial charge on any atom is 0.0561 e. The van der Waals surface area contributed by atoms with Crippen molar-refractivity contribution in [2.24, 2.45) is 0 Å². The molecule has 0 N–H and O–H groups in total. The summed E-state index contributed by atoms with van der Waals surface area (Å²) >= 11 is 0.